The third-order valence-electron chi connectivity index (χ3n) is 3.38. The van der Waals surface area contributed by atoms with Crippen molar-refractivity contribution in [3.05, 3.63) is 78.9 Å². The van der Waals surface area contributed by atoms with Crippen LogP contribution < -0.4 is 4.74 Å². The summed E-state index contributed by atoms with van der Waals surface area (Å²) in [6, 6.07) is 16.4. The van der Waals surface area contributed by atoms with Crippen molar-refractivity contribution in [1.29, 1.82) is 0 Å². The van der Waals surface area contributed by atoms with E-state index in [1.165, 1.54) is 16.6 Å². The average molecular weight is 278 g/mol. The normalized spacial score (nSPS) is 10.4. The second-order valence-electron chi connectivity index (χ2n) is 4.96. The summed E-state index contributed by atoms with van der Waals surface area (Å²) in [5.74, 6) is 0.903. The fourth-order valence-corrected chi connectivity index (χ4v) is 2.34. The van der Waals surface area contributed by atoms with Gasteiger partial charge in [0.05, 0.1) is 7.11 Å². The van der Waals surface area contributed by atoms with E-state index in [1.54, 1.807) is 7.11 Å². The van der Waals surface area contributed by atoms with Crippen LogP contribution in [0.4, 0.5) is 0 Å². The van der Waals surface area contributed by atoms with Crippen molar-refractivity contribution in [2.24, 2.45) is 0 Å². The van der Waals surface area contributed by atoms with Crippen molar-refractivity contribution < 1.29 is 4.74 Å². The number of aromatic nitrogens is 2. The molecule has 4 aromatic rings. The molecule has 0 saturated carbocycles. The Balaban J connectivity index is 0.000000131. The Bertz CT molecular complexity index is 828. The number of ether oxygens (including phenoxy) is 1. The molecular weight excluding hydrogens is 260 g/mol. The van der Waals surface area contributed by atoms with Crippen LogP contribution in [0.5, 0.6) is 5.75 Å². The van der Waals surface area contributed by atoms with E-state index in [9.17, 15) is 0 Å². The van der Waals surface area contributed by atoms with Crippen LogP contribution in [0.25, 0.3) is 11.0 Å². The molecule has 0 aliphatic carbocycles. The molecule has 21 heavy (non-hydrogen) atoms. The molecule has 0 aliphatic heterocycles. The maximum absolute atomic E-state index is 5.12. The topological polar surface area (TPSA) is 18.1 Å². The van der Waals surface area contributed by atoms with Gasteiger partial charge in [-0.2, -0.15) is 0 Å². The lowest BCUT2D eigenvalue weighted by molar-refractivity contribution is 0.414. The molecule has 0 aliphatic rings. The third-order valence-corrected chi connectivity index (χ3v) is 3.38. The predicted molar refractivity (Wildman–Crippen MR) is 86.1 cm³/mol. The Labute approximate surface area is 124 Å². The minimum absolute atomic E-state index is 0.903. The standard InChI is InChI=1S/C10H11NO.C8H7N/c1-8-5-9-6-10(12-2)3-4-11(9)7-8;1-2-6-9-7-3-5-8(9)4-1/h3-7H,1-2H3;1-7H. The molecule has 0 atom stereocenters. The molecule has 4 aromatic heterocycles. The fraction of sp³-hybridized carbons (Fsp3) is 0.111. The molecule has 3 heteroatoms. The highest BCUT2D eigenvalue weighted by atomic mass is 16.5. The number of methoxy groups -OCH3 is 1. The zero-order valence-corrected chi connectivity index (χ0v) is 12.2. The van der Waals surface area contributed by atoms with Crippen molar-refractivity contribution >= 4 is 11.0 Å². The minimum Gasteiger partial charge on any atom is -0.497 e. The number of nitrogens with zero attached hydrogens (tertiary/aromatic N) is 2. The van der Waals surface area contributed by atoms with Crippen LogP contribution in [0.3, 0.4) is 0 Å². The van der Waals surface area contributed by atoms with Crippen molar-refractivity contribution in [2.45, 2.75) is 6.92 Å². The Kier molecular flexibility index (Phi) is 3.65. The molecule has 0 aromatic carbocycles. The predicted octanol–water partition coefficient (Wildman–Crippen LogP) is 4.20. The van der Waals surface area contributed by atoms with Gasteiger partial charge < -0.3 is 13.5 Å². The van der Waals surface area contributed by atoms with Gasteiger partial charge in [0.15, 0.2) is 0 Å². The molecule has 106 valence electrons. The van der Waals surface area contributed by atoms with E-state index in [0.717, 1.165) is 5.75 Å². The number of pyridine rings is 2. The van der Waals surface area contributed by atoms with E-state index in [2.05, 4.69) is 40.1 Å². The lowest BCUT2D eigenvalue weighted by atomic mass is 10.3. The zero-order valence-electron chi connectivity index (χ0n) is 12.2. The average Bonchev–Trinajstić information content (AvgIpc) is 3.11. The lowest BCUT2D eigenvalue weighted by Gasteiger charge is -1.99. The Hall–Kier alpha value is -2.68. The van der Waals surface area contributed by atoms with Crippen molar-refractivity contribution in [3.63, 3.8) is 0 Å². The summed E-state index contributed by atoms with van der Waals surface area (Å²) < 4.78 is 9.28. The van der Waals surface area contributed by atoms with Crippen LogP contribution in [0, 0.1) is 6.92 Å². The summed E-state index contributed by atoms with van der Waals surface area (Å²) in [5.41, 5.74) is 3.69. The van der Waals surface area contributed by atoms with E-state index in [0.29, 0.717) is 0 Å². The van der Waals surface area contributed by atoms with Gasteiger partial charge in [0, 0.05) is 41.9 Å². The quantitative estimate of drug-likeness (QED) is 0.510. The van der Waals surface area contributed by atoms with Crippen LogP contribution in [-0.2, 0) is 0 Å². The SMILES string of the molecule is COc1ccn2cc(C)cc2c1.c1ccn2cccc2c1. The van der Waals surface area contributed by atoms with Crippen LogP contribution in [0.2, 0.25) is 0 Å². The first-order chi connectivity index (χ1) is 10.3. The highest BCUT2D eigenvalue weighted by Crippen LogP contribution is 2.16. The second kappa shape index (κ2) is 5.75. The van der Waals surface area contributed by atoms with Crippen molar-refractivity contribution in [2.75, 3.05) is 7.11 Å². The first-order valence-electron chi connectivity index (χ1n) is 6.90. The van der Waals surface area contributed by atoms with Crippen LogP contribution in [-0.4, -0.2) is 15.9 Å². The van der Waals surface area contributed by atoms with Gasteiger partial charge in [0.25, 0.3) is 0 Å². The number of hydrogen-bond donors (Lipinski definition) is 0. The molecule has 0 fully saturated rings. The summed E-state index contributed by atoms with van der Waals surface area (Å²) in [7, 11) is 1.68. The molecule has 0 radical (unpaired) electrons. The van der Waals surface area contributed by atoms with Gasteiger partial charge in [-0.1, -0.05) is 6.07 Å². The summed E-state index contributed by atoms with van der Waals surface area (Å²) in [6.45, 7) is 2.08. The van der Waals surface area contributed by atoms with Gasteiger partial charge in [0.2, 0.25) is 0 Å². The third kappa shape index (κ3) is 2.92. The Morgan fingerprint density at radius 1 is 0.810 bits per heavy atom. The molecule has 4 rings (SSSR count). The summed E-state index contributed by atoms with van der Waals surface area (Å²) >= 11 is 0. The molecule has 0 spiro atoms. The molecule has 0 saturated heterocycles. The molecule has 0 amide bonds. The zero-order chi connectivity index (χ0) is 14.7. The summed E-state index contributed by atoms with van der Waals surface area (Å²) in [6.07, 6.45) is 8.17. The van der Waals surface area contributed by atoms with E-state index in [4.69, 9.17) is 4.74 Å². The van der Waals surface area contributed by atoms with E-state index < -0.39 is 0 Å². The number of aryl methyl sites for hydroxylation is 1. The van der Waals surface area contributed by atoms with Gasteiger partial charge in [-0.3, -0.25) is 0 Å². The Morgan fingerprint density at radius 2 is 1.62 bits per heavy atom. The molecule has 0 bridgehead atoms. The fourth-order valence-electron chi connectivity index (χ4n) is 2.34. The van der Waals surface area contributed by atoms with Crippen LogP contribution in [0.15, 0.2) is 73.3 Å². The van der Waals surface area contributed by atoms with Gasteiger partial charge >= 0.3 is 0 Å². The van der Waals surface area contributed by atoms with Gasteiger partial charge in [-0.25, -0.2) is 0 Å². The first-order valence-corrected chi connectivity index (χ1v) is 6.90. The number of fused-ring (bicyclic) bond motifs is 2. The Morgan fingerprint density at radius 3 is 2.43 bits per heavy atom. The second-order valence-corrected chi connectivity index (χ2v) is 4.96. The largest absolute Gasteiger partial charge is 0.497 e. The van der Waals surface area contributed by atoms with Crippen molar-refractivity contribution in [3.8, 4) is 5.75 Å². The number of rotatable bonds is 1. The summed E-state index contributed by atoms with van der Waals surface area (Å²) in [5, 5.41) is 0. The highest BCUT2D eigenvalue weighted by Gasteiger charge is 1.96. The maximum Gasteiger partial charge on any atom is 0.122 e. The first kappa shape index (κ1) is 13.3. The van der Waals surface area contributed by atoms with Crippen molar-refractivity contribution in [1.82, 2.24) is 8.80 Å². The number of hydrogen-bond acceptors (Lipinski definition) is 1. The molecular formula is C18H18N2O. The smallest absolute Gasteiger partial charge is 0.122 e. The van der Waals surface area contributed by atoms with E-state index >= 15 is 0 Å². The van der Waals surface area contributed by atoms with E-state index in [-0.39, 0.29) is 0 Å². The molecule has 4 heterocycles. The van der Waals surface area contributed by atoms with Crippen LogP contribution in [0.1, 0.15) is 5.56 Å². The molecule has 0 unspecified atom stereocenters. The van der Waals surface area contributed by atoms with E-state index in [1.807, 2.05) is 48.9 Å². The van der Waals surface area contributed by atoms with Gasteiger partial charge in [0.1, 0.15) is 5.75 Å². The molecule has 3 nitrogen and oxygen atoms in total. The van der Waals surface area contributed by atoms with Gasteiger partial charge in [-0.05, 0) is 48.9 Å². The molecule has 0 N–H and O–H groups in total. The van der Waals surface area contributed by atoms with Gasteiger partial charge in [-0.15, -0.1) is 0 Å². The monoisotopic (exact) mass is 278 g/mol. The summed E-state index contributed by atoms with van der Waals surface area (Å²) in [4.78, 5) is 0. The van der Waals surface area contributed by atoms with Crippen LogP contribution >= 0.6 is 0 Å². The maximum atomic E-state index is 5.12. The highest BCUT2D eigenvalue weighted by molar-refractivity contribution is 5.53. The minimum atomic E-state index is 0.903. The lowest BCUT2D eigenvalue weighted by Crippen LogP contribution is -1.85.